The summed E-state index contributed by atoms with van der Waals surface area (Å²) in [6.07, 6.45) is 0. The first kappa shape index (κ1) is 14.9. The van der Waals surface area contributed by atoms with Gasteiger partial charge in [-0.05, 0) is 36.4 Å². The molecule has 24 heavy (non-hydrogen) atoms. The number of nitrogens with zero attached hydrogens (tertiary/aromatic N) is 4. The molecule has 0 bridgehead atoms. The number of carbonyl (C=O) groups is 1. The van der Waals surface area contributed by atoms with Crippen molar-refractivity contribution in [3.8, 4) is 11.4 Å². The number of fused-ring (bicyclic) bond motifs is 1. The fourth-order valence-electron chi connectivity index (χ4n) is 2.91. The molecule has 120 valence electrons. The minimum Gasteiger partial charge on any atom is -0.329 e. The lowest BCUT2D eigenvalue weighted by atomic mass is 10.2. The summed E-state index contributed by atoms with van der Waals surface area (Å²) in [5.74, 6) is 1.64. The summed E-state index contributed by atoms with van der Waals surface area (Å²) in [4.78, 5) is 14.4. The Kier molecular flexibility index (Phi) is 3.78. The molecule has 0 saturated carbocycles. The second-order valence-electron chi connectivity index (χ2n) is 5.69. The monoisotopic (exact) mass is 338 g/mol. The van der Waals surface area contributed by atoms with Crippen LogP contribution < -0.4 is 0 Å². The van der Waals surface area contributed by atoms with E-state index >= 15 is 0 Å². The number of aromatic nitrogens is 3. The number of carbonyl (C=O) groups excluding carboxylic acids is 1. The number of amides is 1. The van der Waals surface area contributed by atoms with Crippen molar-refractivity contribution in [1.29, 1.82) is 0 Å². The van der Waals surface area contributed by atoms with Crippen molar-refractivity contribution in [1.82, 2.24) is 19.7 Å². The smallest absolute Gasteiger partial charge is 0.254 e. The van der Waals surface area contributed by atoms with Crippen molar-refractivity contribution in [2.45, 2.75) is 13.1 Å². The van der Waals surface area contributed by atoms with E-state index in [0.29, 0.717) is 30.2 Å². The van der Waals surface area contributed by atoms with Gasteiger partial charge in [0.1, 0.15) is 0 Å². The lowest BCUT2D eigenvalue weighted by Gasteiger charge is -2.28. The van der Waals surface area contributed by atoms with Crippen LogP contribution in [0.4, 0.5) is 0 Å². The van der Waals surface area contributed by atoms with E-state index in [1.807, 2.05) is 59.5 Å². The summed E-state index contributed by atoms with van der Waals surface area (Å²) in [5, 5.41) is 9.26. The third-order valence-corrected chi connectivity index (χ3v) is 4.42. The van der Waals surface area contributed by atoms with Gasteiger partial charge in [0.2, 0.25) is 0 Å². The summed E-state index contributed by atoms with van der Waals surface area (Å²) < 4.78 is 2.07. The second kappa shape index (κ2) is 6.09. The molecule has 0 unspecified atom stereocenters. The molecule has 0 spiro atoms. The molecule has 0 N–H and O–H groups in total. The lowest BCUT2D eigenvalue weighted by Crippen LogP contribution is -2.38. The zero-order valence-electron chi connectivity index (χ0n) is 12.9. The summed E-state index contributed by atoms with van der Waals surface area (Å²) in [5.41, 5.74) is 1.67. The zero-order chi connectivity index (χ0) is 16.5. The first-order valence-electron chi connectivity index (χ1n) is 7.75. The van der Waals surface area contributed by atoms with Crippen LogP contribution in [0.2, 0.25) is 5.02 Å². The summed E-state index contributed by atoms with van der Waals surface area (Å²) in [6.45, 7) is 1.78. The molecular formula is C18H15ClN4O. The first-order chi connectivity index (χ1) is 11.7. The van der Waals surface area contributed by atoms with Crippen LogP contribution in [0.15, 0.2) is 54.6 Å². The molecule has 1 aliphatic heterocycles. The van der Waals surface area contributed by atoms with Crippen molar-refractivity contribution in [2.75, 3.05) is 6.54 Å². The Hall–Kier alpha value is -2.66. The van der Waals surface area contributed by atoms with Crippen LogP contribution in [-0.4, -0.2) is 32.1 Å². The van der Waals surface area contributed by atoms with Crippen LogP contribution in [-0.2, 0) is 13.1 Å². The van der Waals surface area contributed by atoms with Crippen LogP contribution in [0.3, 0.4) is 0 Å². The highest BCUT2D eigenvalue weighted by Gasteiger charge is 2.25. The van der Waals surface area contributed by atoms with E-state index in [0.717, 1.165) is 17.2 Å². The highest BCUT2D eigenvalue weighted by Crippen LogP contribution is 2.23. The largest absolute Gasteiger partial charge is 0.329 e. The fourth-order valence-corrected chi connectivity index (χ4v) is 3.03. The normalized spacial score (nSPS) is 13.6. The standard InChI is InChI=1S/C18H15ClN4O/c19-15-8-6-13(7-9-15)17-21-20-16-12-22(10-11-23(16)17)18(24)14-4-2-1-3-5-14/h1-9H,10-12H2. The number of rotatable bonds is 2. The van der Waals surface area contributed by atoms with Gasteiger partial charge in [0.05, 0.1) is 6.54 Å². The van der Waals surface area contributed by atoms with Gasteiger partial charge in [0, 0.05) is 29.2 Å². The molecule has 0 aliphatic carbocycles. The van der Waals surface area contributed by atoms with E-state index < -0.39 is 0 Å². The van der Waals surface area contributed by atoms with Crippen LogP contribution in [0.1, 0.15) is 16.2 Å². The van der Waals surface area contributed by atoms with Gasteiger partial charge in [0.15, 0.2) is 11.6 Å². The maximum atomic E-state index is 12.6. The SMILES string of the molecule is O=C(c1ccccc1)N1CCn2c(nnc2-c2ccc(Cl)cc2)C1. The Labute approximate surface area is 144 Å². The lowest BCUT2D eigenvalue weighted by molar-refractivity contribution is 0.0708. The fraction of sp³-hybridized carbons (Fsp3) is 0.167. The maximum absolute atomic E-state index is 12.6. The predicted octanol–water partition coefficient (Wildman–Crippen LogP) is 3.25. The van der Waals surface area contributed by atoms with Gasteiger partial charge in [-0.2, -0.15) is 0 Å². The van der Waals surface area contributed by atoms with Crippen molar-refractivity contribution < 1.29 is 4.79 Å². The molecule has 1 aromatic heterocycles. The Morgan fingerprint density at radius 2 is 1.71 bits per heavy atom. The average molecular weight is 339 g/mol. The summed E-state index contributed by atoms with van der Waals surface area (Å²) in [7, 11) is 0. The van der Waals surface area contributed by atoms with Gasteiger partial charge < -0.3 is 9.47 Å². The van der Waals surface area contributed by atoms with Crippen molar-refractivity contribution >= 4 is 17.5 Å². The predicted molar refractivity (Wildman–Crippen MR) is 91.7 cm³/mol. The van der Waals surface area contributed by atoms with E-state index in [1.165, 1.54) is 0 Å². The molecule has 0 atom stereocenters. The number of benzene rings is 2. The minimum absolute atomic E-state index is 0.0258. The molecule has 2 heterocycles. The van der Waals surface area contributed by atoms with Gasteiger partial charge in [-0.3, -0.25) is 4.79 Å². The topological polar surface area (TPSA) is 51.0 Å². The molecule has 1 amide bonds. The van der Waals surface area contributed by atoms with E-state index in [2.05, 4.69) is 14.8 Å². The van der Waals surface area contributed by atoms with Gasteiger partial charge in [-0.15, -0.1) is 10.2 Å². The average Bonchev–Trinajstić information content (AvgIpc) is 3.05. The molecule has 2 aromatic carbocycles. The van der Waals surface area contributed by atoms with E-state index in [1.54, 1.807) is 0 Å². The third-order valence-electron chi connectivity index (χ3n) is 4.16. The number of hydrogen-bond acceptors (Lipinski definition) is 3. The Bertz CT molecular complexity index is 874. The molecule has 3 aromatic rings. The van der Waals surface area contributed by atoms with Crippen LogP contribution in [0.5, 0.6) is 0 Å². The van der Waals surface area contributed by atoms with Gasteiger partial charge in [-0.1, -0.05) is 29.8 Å². The quantitative estimate of drug-likeness (QED) is 0.720. The van der Waals surface area contributed by atoms with Crippen LogP contribution >= 0.6 is 11.6 Å². The zero-order valence-corrected chi connectivity index (χ0v) is 13.6. The molecule has 0 fully saturated rings. The number of halogens is 1. The van der Waals surface area contributed by atoms with Crippen molar-refractivity contribution in [3.63, 3.8) is 0 Å². The molecule has 0 radical (unpaired) electrons. The minimum atomic E-state index is 0.0258. The molecule has 5 nitrogen and oxygen atoms in total. The molecule has 4 rings (SSSR count). The Balaban J connectivity index is 1.59. The van der Waals surface area contributed by atoms with Gasteiger partial charge in [0.25, 0.3) is 5.91 Å². The Morgan fingerprint density at radius 3 is 2.46 bits per heavy atom. The van der Waals surface area contributed by atoms with Gasteiger partial charge in [-0.25, -0.2) is 0 Å². The van der Waals surface area contributed by atoms with Crippen molar-refractivity contribution in [3.05, 3.63) is 71.0 Å². The Morgan fingerprint density at radius 1 is 0.958 bits per heavy atom. The van der Waals surface area contributed by atoms with E-state index in [4.69, 9.17) is 11.6 Å². The molecule has 1 aliphatic rings. The summed E-state index contributed by atoms with van der Waals surface area (Å²) >= 11 is 5.94. The van der Waals surface area contributed by atoms with E-state index in [9.17, 15) is 4.79 Å². The highest BCUT2D eigenvalue weighted by atomic mass is 35.5. The van der Waals surface area contributed by atoms with E-state index in [-0.39, 0.29) is 5.91 Å². The van der Waals surface area contributed by atoms with Gasteiger partial charge >= 0.3 is 0 Å². The maximum Gasteiger partial charge on any atom is 0.254 e. The third kappa shape index (κ3) is 2.67. The molecular weight excluding hydrogens is 324 g/mol. The number of hydrogen-bond donors (Lipinski definition) is 0. The molecule has 6 heteroatoms. The highest BCUT2D eigenvalue weighted by molar-refractivity contribution is 6.30. The van der Waals surface area contributed by atoms with Crippen LogP contribution in [0.25, 0.3) is 11.4 Å². The van der Waals surface area contributed by atoms with Crippen LogP contribution in [0, 0.1) is 0 Å². The summed E-state index contributed by atoms with van der Waals surface area (Å²) in [6, 6.07) is 16.9. The second-order valence-corrected chi connectivity index (χ2v) is 6.13. The molecule has 0 saturated heterocycles. The first-order valence-corrected chi connectivity index (χ1v) is 8.12. The van der Waals surface area contributed by atoms with Crippen molar-refractivity contribution in [2.24, 2.45) is 0 Å².